The Morgan fingerprint density at radius 1 is 1.08 bits per heavy atom. The van der Waals surface area contributed by atoms with Crippen molar-refractivity contribution >= 4 is 5.78 Å². The lowest BCUT2D eigenvalue weighted by atomic mass is 9.48. The number of ketones is 1. The van der Waals surface area contributed by atoms with Gasteiger partial charge in [-0.15, -0.1) is 0 Å². The first-order chi connectivity index (χ1) is 11.4. The molecule has 5 rings (SSSR count). The molecule has 24 heavy (non-hydrogen) atoms. The van der Waals surface area contributed by atoms with Gasteiger partial charge in [-0.25, -0.2) is 0 Å². The lowest BCUT2D eigenvalue weighted by molar-refractivity contribution is -0.146. The van der Waals surface area contributed by atoms with E-state index in [1.807, 2.05) is 0 Å². The van der Waals surface area contributed by atoms with Crippen LogP contribution in [0.3, 0.4) is 0 Å². The van der Waals surface area contributed by atoms with Gasteiger partial charge in [0, 0.05) is 5.92 Å². The van der Waals surface area contributed by atoms with Crippen molar-refractivity contribution in [3.05, 3.63) is 0 Å². The minimum absolute atomic E-state index is 0.0503. The van der Waals surface area contributed by atoms with Gasteiger partial charge in [-0.05, 0) is 93.3 Å². The fourth-order valence-electron chi connectivity index (χ4n) is 8.06. The highest BCUT2D eigenvalue weighted by Gasteiger charge is 2.62. The van der Waals surface area contributed by atoms with E-state index in [-0.39, 0.29) is 23.0 Å². The van der Waals surface area contributed by atoms with Gasteiger partial charge in [0.05, 0.1) is 18.3 Å². The maximum absolute atomic E-state index is 12.2. The van der Waals surface area contributed by atoms with Crippen LogP contribution in [0, 0.1) is 40.9 Å². The Labute approximate surface area is 145 Å². The van der Waals surface area contributed by atoms with Crippen LogP contribution in [0.1, 0.15) is 65.2 Å². The molecule has 3 heteroatoms. The first kappa shape index (κ1) is 15.8. The second-order valence-corrected chi connectivity index (χ2v) is 10.1. The van der Waals surface area contributed by atoms with E-state index in [2.05, 4.69) is 6.92 Å². The average molecular weight is 332 g/mol. The van der Waals surface area contributed by atoms with E-state index in [4.69, 9.17) is 4.74 Å². The number of Topliss-reactive ketones (excluding diaryl/α,β-unsaturated/α-hetero) is 1. The van der Waals surface area contributed by atoms with E-state index < -0.39 is 0 Å². The molecule has 1 heterocycles. The summed E-state index contributed by atoms with van der Waals surface area (Å²) < 4.78 is 5.77. The fraction of sp³-hybridized carbons (Fsp3) is 0.952. The zero-order valence-electron chi connectivity index (χ0n) is 15.2. The zero-order valence-corrected chi connectivity index (χ0v) is 15.2. The number of fused-ring (bicyclic) bond motifs is 5. The Balaban J connectivity index is 1.42. The van der Waals surface area contributed by atoms with Crippen LogP contribution in [0.5, 0.6) is 0 Å². The van der Waals surface area contributed by atoms with Gasteiger partial charge < -0.3 is 9.84 Å². The van der Waals surface area contributed by atoms with E-state index in [1.165, 1.54) is 38.5 Å². The summed E-state index contributed by atoms with van der Waals surface area (Å²) in [5, 5.41) is 11.2. The zero-order chi connectivity index (χ0) is 16.7. The highest BCUT2D eigenvalue weighted by Crippen LogP contribution is 2.65. The maximum atomic E-state index is 12.2. The number of carbonyl (C=O) groups is 1. The lowest BCUT2D eigenvalue weighted by Gasteiger charge is -2.57. The third-order valence-electron chi connectivity index (χ3n) is 9.10. The molecule has 0 bridgehead atoms. The minimum Gasteiger partial charge on any atom is -0.393 e. The SMILES string of the molecule is CC(=O)[C@H]1CC[C@H]2[C@@H]3CC[C@@H]4CC5(CC[C@@H]4[C@H]3[C@H](O)C[C@]12C)CO5. The smallest absolute Gasteiger partial charge is 0.133 e. The van der Waals surface area contributed by atoms with Crippen molar-refractivity contribution in [2.75, 3.05) is 6.61 Å². The molecule has 3 nitrogen and oxygen atoms in total. The molecule has 1 N–H and O–H groups in total. The first-order valence-electron chi connectivity index (χ1n) is 10.3. The van der Waals surface area contributed by atoms with E-state index in [9.17, 15) is 9.90 Å². The number of rotatable bonds is 1. The second-order valence-electron chi connectivity index (χ2n) is 10.1. The topological polar surface area (TPSA) is 49.8 Å². The van der Waals surface area contributed by atoms with Crippen molar-refractivity contribution in [1.82, 2.24) is 0 Å². The van der Waals surface area contributed by atoms with Crippen molar-refractivity contribution in [1.29, 1.82) is 0 Å². The third-order valence-corrected chi connectivity index (χ3v) is 9.10. The molecular formula is C21H32O3. The van der Waals surface area contributed by atoms with Gasteiger partial charge >= 0.3 is 0 Å². The normalized spacial score (nSPS) is 58.7. The molecule has 0 amide bonds. The van der Waals surface area contributed by atoms with Crippen LogP contribution in [-0.2, 0) is 9.53 Å². The van der Waals surface area contributed by atoms with E-state index in [0.717, 1.165) is 25.4 Å². The Morgan fingerprint density at radius 2 is 1.88 bits per heavy atom. The Bertz CT molecular complexity index is 553. The van der Waals surface area contributed by atoms with Crippen LogP contribution in [-0.4, -0.2) is 29.2 Å². The largest absolute Gasteiger partial charge is 0.393 e. The minimum atomic E-state index is -0.196. The van der Waals surface area contributed by atoms with Crippen LogP contribution < -0.4 is 0 Å². The average Bonchev–Trinajstić information content (AvgIpc) is 3.17. The van der Waals surface area contributed by atoms with Gasteiger partial charge in [-0.3, -0.25) is 4.79 Å². The van der Waals surface area contributed by atoms with Crippen LogP contribution >= 0.6 is 0 Å². The summed E-state index contributed by atoms with van der Waals surface area (Å²) in [5.74, 6) is 3.81. The molecule has 134 valence electrons. The summed E-state index contributed by atoms with van der Waals surface area (Å²) in [6.45, 7) is 5.06. The monoisotopic (exact) mass is 332 g/mol. The molecule has 1 unspecified atom stereocenters. The molecule has 9 atom stereocenters. The van der Waals surface area contributed by atoms with Gasteiger partial charge in [0.15, 0.2) is 0 Å². The molecule has 1 aliphatic heterocycles. The van der Waals surface area contributed by atoms with Crippen LogP contribution in [0.4, 0.5) is 0 Å². The Hall–Kier alpha value is -0.410. The molecule has 0 radical (unpaired) electrons. The Morgan fingerprint density at radius 3 is 2.58 bits per heavy atom. The van der Waals surface area contributed by atoms with Crippen molar-refractivity contribution in [3.63, 3.8) is 0 Å². The summed E-state index contributed by atoms with van der Waals surface area (Å²) in [5.41, 5.74) is 0.296. The predicted molar refractivity (Wildman–Crippen MR) is 91.4 cm³/mol. The van der Waals surface area contributed by atoms with E-state index >= 15 is 0 Å². The molecule has 0 aromatic rings. The van der Waals surface area contributed by atoms with Gasteiger partial charge in [0.1, 0.15) is 5.78 Å². The molecule has 4 saturated carbocycles. The number of aliphatic hydroxyl groups excluding tert-OH is 1. The van der Waals surface area contributed by atoms with Crippen LogP contribution in [0.2, 0.25) is 0 Å². The van der Waals surface area contributed by atoms with E-state index in [1.54, 1.807) is 6.92 Å². The van der Waals surface area contributed by atoms with Crippen molar-refractivity contribution in [3.8, 4) is 0 Å². The summed E-state index contributed by atoms with van der Waals surface area (Å²) in [4.78, 5) is 12.2. The van der Waals surface area contributed by atoms with Crippen molar-refractivity contribution in [2.45, 2.75) is 76.9 Å². The second kappa shape index (κ2) is 5.07. The maximum Gasteiger partial charge on any atom is 0.133 e. The number of ether oxygens (including phenoxy) is 1. The summed E-state index contributed by atoms with van der Waals surface area (Å²) in [6, 6.07) is 0. The standard InChI is InChI=1S/C21H32O3/c1-12(22)16-5-6-17-15-4-3-13-9-21(11-24-21)8-7-14(13)19(15)18(23)10-20(16,17)2/h13-19,23H,3-11H2,1-2H3/t13-,14+,15+,16-,17+,18-,19-,20-,21?/m1/s1. The molecule has 1 spiro atoms. The van der Waals surface area contributed by atoms with Crippen molar-refractivity contribution in [2.24, 2.45) is 40.9 Å². The van der Waals surface area contributed by atoms with Crippen LogP contribution in [0.25, 0.3) is 0 Å². The van der Waals surface area contributed by atoms with Gasteiger partial charge in [0.25, 0.3) is 0 Å². The third kappa shape index (κ3) is 2.06. The van der Waals surface area contributed by atoms with Crippen molar-refractivity contribution < 1.29 is 14.6 Å². The number of hydrogen-bond donors (Lipinski definition) is 1. The molecule has 5 aliphatic rings. The highest BCUT2D eigenvalue weighted by atomic mass is 16.6. The lowest BCUT2D eigenvalue weighted by Crippen LogP contribution is -2.55. The Kier molecular flexibility index (Phi) is 3.34. The predicted octanol–water partition coefficient (Wildman–Crippen LogP) is 3.58. The number of carbonyl (C=O) groups excluding carboxylic acids is 1. The molecule has 4 aliphatic carbocycles. The molecule has 0 aromatic carbocycles. The highest BCUT2D eigenvalue weighted by molar-refractivity contribution is 5.79. The molecular weight excluding hydrogens is 300 g/mol. The van der Waals surface area contributed by atoms with Crippen LogP contribution in [0.15, 0.2) is 0 Å². The van der Waals surface area contributed by atoms with E-state index in [0.29, 0.717) is 29.5 Å². The summed E-state index contributed by atoms with van der Waals surface area (Å²) in [7, 11) is 0. The molecule has 5 fully saturated rings. The number of epoxide rings is 1. The first-order valence-corrected chi connectivity index (χ1v) is 10.3. The van der Waals surface area contributed by atoms with Gasteiger partial charge in [0.2, 0.25) is 0 Å². The molecule has 1 saturated heterocycles. The molecule has 0 aromatic heterocycles. The summed E-state index contributed by atoms with van der Waals surface area (Å²) >= 11 is 0. The van der Waals surface area contributed by atoms with Gasteiger partial charge in [-0.1, -0.05) is 6.92 Å². The quantitative estimate of drug-likeness (QED) is 0.747. The van der Waals surface area contributed by atoms with Gasteiger partial charge in [-0.2, -0.15) is 0 Å². The fourth-order valence-corrected chi connectivity index (χ4v) is 8.06. The number of aliphatic hydroxyl groups is 1. The summed E-state index contributed by atoms with van der Waals surface area (Å²) in [6.07, 6.45) is 9.21. The number of hydrogen-bond acceptors (Lipinski definition) is 3.